The molecule has 1 atom stereocenters. The molecule has 7 heteroatoms. The summed E-state index contributed by atoms with van der Waals surface area (Å²) in [4.78, 5) is 16.9. The summed E-state index contributed by atoms with van der Waals surface area (Å²) in [6.45, 7) is 0.330. The first-order valence-corrected chi connectivity index (χ1v) is 9.45. The minimum absolute atomic E-state index is 0.138. The van der Waals surface area contributed by atoms with Gasteiger partial charge in [-0.25, -0.2) is 4.98 Å². The maximum absolute atomic E-state index is 12.8. The largest absolute Gasteiger partial charge is 0.492 e. The molecule has 1 aliphatic heterocycles. The van der Waals surface area contributed by atoms with Crippen LogP contribution in [0.3, 0.4) is 0 Å². The van der Waals surface area contributed by atoms with Crippen molar-refractivity contribution in [3.8, 4) is 17.4 Å². The highest BCUT2D eigenvalue weighted by molar-refractivity contribution is 6.35. The van der Waals surface area contributed by atoms with Crippen LogP contribution < -0.4 is 14.8 Å². The third kappa shape index (κ3) is 4.06. The van der Waals surface area contributed by atoms with Crippen molar-refractivity contribution in [3.63, 3.8) is 0 Å². The summed E-state index contributed by atoms with van der Waals surface area (Å²) in [7, 11) is 0. The Balaban J connectivity index is 1.50. The van der Waals surface area contributed by atoms with Gasteiger partial charge in [0.2, 0.25) is 11.8 Å². The Bertz CT molecular complexity index is 1030. The number of pyridine rings is 1. The van der Waals surface area contributed by atoms with Crippen molar-refractivity contribution in [1.29, 1.82) is 0 Å². The average Bonchev–Trinajstić information content (AvgIpc) is 2.71. The number of para-hydroxylation sites is 3. The SMILES string of the molecule is O=C(Nc1ccccc1Oc1ncc(Cl)cc1Cl)C1COc2ccccc2C1. The Morgan fingerprint density at radius 1 is 1.14 bits per heavy atom. The van der Waals surface area contributed by atoms with Crippen molar-refractivity contribution in [1.82, 2.24) is 4.98 Å². The maximum atomic E-state index is 12.8. The number of hydrogen-bond acceptors (Lipinski definition) is 4. The summed E-state index contributed by atoms with van der Waals surface area (Å²) in [5.74, 6) is 1.05. The highest BCUT2D eigenvalue weighted by Crippen LogP contribution is 2.34. The summed E-state index contributed by atoms with van der Waals surface area (Å²) in [6, 6.07) is 16.4. The van der Waals surface area contributed by atoms with Crippen LogP contribution in [0.15, 0.2) is 60.8 Å². The molecular formula is C21H16Cl2N2O3. The topological polar surface area (TPSA) is 60.5 Å². The van der Waals surface area contributed by atoms with E-state index >= 15 is 0 Å². The Labute approximate surface area is 172 Å². The molecule has 0 bridgehead atoms. The zero-order valence-corrected chi connectivity index (χ0v) is 16.2. The third-order valence-electron chi connectivity index (χ3n) is 4.38. The van der Waals surface area contributed by atoms with E-state index in [-0.39, 0.29) is 22.7 Å². The van der Waals surface area contributed by atoms with Gasteiger partial charge in [-0.3, -0.25) is 4.79 Å². The van der Waals surface area contributed by atoms with E-state index in [1.54, 1.807) is 24.3 Å². The molecule has 1 unspecified atom stereocenters. The van der Waals surface area contributed by atoms with Gasteiger partial charge < -0.3 is 14.8 Å². The minimum Gasteiger partial charge on any atom is -0.492 e. The second kappa shape index (κ2) is 8.09. The molecule has 0 fully saturated rings. The standard InChI is InChI=1S/C21H16Cl2N2O3/c22-15-10-16(23)21(24-11-15)28-19-8-4-2-6-17(19)25-20(26)14-9-13-5-1-3-7-18(13)27-12-14/h1-8,10-11,14H,9,12H2,(H,25,26). The molecular weight excluding hydrogens is 399 g/mol. The van der Waals surface area contributed by atoms with Gasteiger partial charge >= 0.3 is 0 Å². The van der Waals surface area contributed by atoms with Crippen molar-refractivity contribution >= 4 is 34.8 Å². The van der Waals surface area contributed by atoms with Gasteiger partial charge in [-0.2, -0.15) is 0 Å². The fourth-order valence-corrected chi connectivity index (χ4v) is 3.39. The zero-order valence-electron chi connectivity index (χ0n) is 14.7. The van der Waals surface area contributed by atoms with Crippen LogP contribution in [0, 0.1) is 5.92 Å². The minimum atomic E-state index is -0.291. The highest BCUT2D eigenvalue weighted by atomic mass is 35.5. The van der Waals surface area contributed by atoms with Crippen molar-refractivity contribution in [2.24, 2.45) is 5.92 Å². The van der Waals surface area contributed by atoms with E-state index in [2.05, 4.69) is 10.3 Å². The number of fused-ring (bicyclic) bond motifs is 1. The first kappa shape index (κ1) is 18.6. The lowest BCUT2D eigenvalue weighted by Crippen LogP contribution is -2.32. The predicted octanol–water partition coefficient (Wildman–Crippen LogP) is 5.37. The number of hydrogen-bond donors (Lipinski definition) is 1. The Kier molecular flexibility index (Phi) is 5.37. The van der Waals surface area contributed by atoms with Crippen LogP contribution in [-0.4, -0.2) is 17.5 Å². The fraction of sp³-hybridized carbons (Fsp3) is 0.143. The second-order valence-electron chi connectivity index (χ2n) is 6.35. The van der Waals surface area contributed by atoms with Gasteiger partial charge in [0.25, 0.3) is 0 Å². The van der Waals surface area contributed by atoms with E-state index in [1.807, 2.05) is 30.3 Å². The number of carbonyl (C=O) groups is 1. The predicted molar refractivity (Wildman–Crippen MR) is 109 cm³/mol. The quantitative estimate of drug-likeness (QED) is 0.623. The van der Waals surface area contributed by atoms with Crippen LogP contribution in [0.4, 0.5) is 5.69 Å². The number of aromatic nitrogens is 1. The molecule has 3 aromatic rings. The molecule has 0 radical (unpaired) electrons. The van der Waals surface area contributed by atoms with E-state index in [0.29, 0.717) is 29.5 Å². The van der Waals surface area contributed by atoms with Crippen LogP contribution in [0.2, 0.25) is 10.0 Å². The normalized spacial score (nSPS) is 15.3. The van der Waals surface area contributed by atoms with Crippen LogP contribution in [0.25, 0.3) is 0 Å². The van der Waals surface area contributed by atoms with Crippen molar-refractivity contribution in [2.75, 3.05) is 11.9 Å². The van der Waals surface area contributed by atoms with Crippen LogP contribution in [-0.2, 0) is 11.2 Å². The molecule has 0 saturated heterocycles. The second-order valence-corrected chi connectivity index (χ2v) is 7.19. The first-order valence-electron chi connectivity index (χ1n) is 8.69. The molecule has 142 valence electrons. The van der Waals surface area contributed by atoms with Gasteiger partial charge in [-0.15, -0.1) is 0 Å². The number of anilines is 1. The maximum Gasteiger partial charge on any atom is 0.238 e. The van der Waals surface area contributed by atoms with E-state index in [1.165, 1.54) is 6.20 Å². The molecule has 1 amide bonds. The van der Waals surface area contributed by atoms with Crippen LogP contribution in [0.1, 0.15) is 5.56 Å². The van der Waals surface area contributed by atoms with E-state index < -0.39 is 0 Å². The molecule has 0 saturated carbocycles. The molecule has 0 spiro atoms. The summed E-state index contributed by atoms with van der Waals surface area (Å²) in [5, 5.41) is 3.62. The molecule has 5 nitrogen and oxygen atoms in total. The van der Waals surface area contributed by atoms with Crippen molar-refractivity contribution in [2.45, 2.75) is 6.42 Å². The van der Waals surface area contributed by atoms with E-state index in [9.17, 15) is 4.79 Å². The smallest absolute Gasteiger partial charge is 0.238 e. The Morgan fingerprint density at radius 3 is 2.79 bits per heavy atom. The first-order chi connectivity index (χ1) is 13.6. The van der Waals surface area contributed by atoms with Gasteiger partial charge in [0, 0.05) is 6.20 Å². The van der Waals surface area contributed by atoms with E-state index in [0.717, 1.165) is 11.3 Å². The third-order valence-corrected chi connectivity index (χ3v) is 4.85. The molecule has 0 aliphatic carbocycles. The summed E-state index contributed by atoms with van der Waals surface area (Å²) in [6.07, 6.45) is 2.07. The Morgan fingerprint density at radius 2 is 1.93 bits per heavy atom. The molecule has 2 aromatic carbocycles. The number of rotatable bonds is 4. The summed E-state index contributed by atoms with van der Waals surface area (Å²) >= 11 is 12.0. The highest BCUT2D eigenvalue weighted by Gasteiger charge is 2.26. The molecule has 1 aromatic heterocycles. The lowest BCUT2D eigenvalue weighted by molar-refractivity contribution is -0.121. The lowest BCUT2D eigenvalue weighted by atomic mass is 9.96. The van der Waals surface area contributed by atoms with Crippen molar-refractivity contribution in [3.05, 3.63) is 76.4 Å². The number of nitrogens with one attached hydrogen (secondary N) is 1. The van der Waals surface area contributed by atoms with Gasteiger partial charge in [-0.05, 0) is 36.2 Å². The van der Waals surface area contributed by atoms with Gasteiger partial charge in [0.05, 0.1) is 16.6 Å². The summed E-state index contributed by atoms with van der Waals surface area (Å²) in [5.41, 5.74) is 1.55. The van der Waals surface area contributed by atoms with E-state index in [4.69, 9.17) is 32.7 Å². The Hall–Kier alpha value is -2.76. The molecule has 2 heterocycles. The van der Waals surface area contributed by atoms with Gasteiger partial charge in [0.1, 0.15) is 17.4 Å². The number of benzene rings is 2. The van der Waals surface area contributed by atoms with Crippen LogP contribution in [0.5, 0.6) is 17.4 Å². The zero-order chi connectivity index (χ0) is 19.5. The molecule has 1 aliphatic rings. The van der Waals surface area contributed by atoms with Gasteiger partial charge in [-0.1, -0.05) is 53.5 Å². The van der Waals surface area contributed by atoms with Crippen molar-refractivity contribution < 1.29 is 14.3 Å². The fourth-order valence-electron chi connectivity index (χ4n) is 2.97. The number of ether oxygens (including phenoxy) is 2. The monoisotopic (exact) mass is 414 g/mol. The lowest BCUT2D eigenvalue weighted by Gasteiger charge is -2.24. The number of halogens is 2. The average molecular weight is 415 g/mol. The summed E-state index contributed by atoms with van der Waals surface area (Å²) < 4.78 is 11.5. The number of nitrogens with zero attached hydrogens (tertiary/aromatic N) is 1. The molecule has 1 N–H and O–H groups in total. The molecule has 28 heavy (non-hydrogen) atoms. The van der Waals surface area contributed by atoms with Gasteiger partial charge in [0.15, 0.2) is 5.75 Å². The molecule has 4 rings (SSSR count). The van der Waals surface area contributed by atoms with Crippen LogP contribution >= 0.6 is 23.2 Å². The number of amides is 1. The number of carbonyl (C=O) groups excluding carboxylic acids is 1.